The Hall–Kier alpha value is -1.47. The van der Waals surface area contributed by atoms with Crippen molar-refractivity contribution in [1.29, 1.82) is 0 Å². The van der Waals surface area contributed by atoms with Crippen LogP contribution in [0, 0.1) is 44.8 Å². The Morgan fingerprint density at radius 3 is 1.57 bits per heavy atom. The number of aliphatic hydroxyl groups excluding tert-OH is 13. The third-order valence-electron chi connectivity index (χ3n) is 20.8. The summed E-state index contributed by atoms with van der Waals surface area (Å²) in [6, 6.07) is 0. The molecule has 0 aromatic rings. The molecule has 4 saturated heterocycles. The van der Waals surface area contributed by atoms with Gasteiger partial charge in [0.05, 0.1) is 32.5 Å². The van der Waals surface area contributed by atoms with Crippen LogP contribution in [0.25, 0.3) is 0 Å². The van der Waals surface area contributed by atoms with Crippen molar-refractivity contribution in [2.45, 2.75) is 241 Å². The summed E-state index contributed by atoms with van der Waals surface area (Å²) in [5.41, 5.74) is -1.94. The van der Waals surface area contributed by atoms with Crippen LogP contribution in [0.2, 0.25) is 0 Å². The molecule has 9 rings (SSSR count). The van der Waals surface area contributed by atoms with Crippen LogP contribution in [0.4, 0.5) is 0 Å². The number of aliphatic hydroxyl groups is 14. The van der Waals surface area contributed by atoms with Gasteiger partial charge in [0, 0.05) is 17.8 Å². The average molecular weight is 1090 g/mol. The smallest absolute Gasteiger partial charge is 0.187 e. The molecule has 14 N–H and O–H groups in total. The van der Waals surface area contributed by atoms with E-state index in [1.54, 1.807) is 0 Å². The fourth-order valence-corrected chi connectivity index (χ4v) is 16.0. The maximum atomic E-state index is 14.3. The van der Waals surface area contributed by atoms with E-state index in [1.165, 1.54) is 5.57 Å². The zero-order valence-corrected chi connectivity index (χ0v) is 44.6. The number of carbonyl (C=O) groups is 1. The third-order valence-corrected chi connectivity index (χ3v) is 20.8. The fraction of sp³-hybridized carbons (Fsp3) is 0.943. The van der Waals surface area contributed by atoms with Crippen molar-refractivity contribution in [2.75, 3.05) is 26.4 Å². The van der Waals surface area contributed by atoms with Gasteiger partial charge in [-0.2, -0.15) is 0 Å². The van der Waals surface area contributed by atoms with Gasteiger partial charge in [-0.15, -0.1) is 0 Å². The molecule has 9 aliphatic rings. The standard InChI is InChI=1S/C53H86O23/c1-48(2)14-15-53(68)23(16-48)22-8-9-29-50(5)12-11-31(49(3,4)28(50)10-13-51(29,6)52(22,7)17-30(53)58)73-47-43(76-45-40(67)37(64)33(60)25(19-55)70-45)41(35(62)27(21-57)72-47)74-46-42(38(65)34(61)26(20-56)71-46)75-44-39(66)36(63)32(59)24(18-54)69-44/h8,23-29,31-47,54-57,59-68H,9-21H2,1-7H3/t23-,24+,25-,26+,27+,28-,29+,31-,32+,33-,34+,35+,36-,37+,38-,39+,40-,41-,42+,43+,44-,45+,46-,47-,50-,51+,52+,53+/m0/s1. The fourth-order valence-electron chi connectivity index (χ4n) is 16.0. The number of Topliss-reactive ketones (excluding diaryl/α,β-unsaturated/α-hetero) is 1. The molecule has 8 fully saturated rings. The molecular formula is C53H86O23. The van der Waals surface area contributed by atoms with Gasteiger partial charge in [-0.1, -0.05) is 60.1 Å². The number of allylic oxidation sites excluding steroid dienone is 1. The first-order chi connectivity index (χ1) is 35.6. The van der Waals surface area contributed by atoms with Crippen LogP contribution in [-0.2, 0) is 42.7 Å². The largest absolute Gasteiger partial charge is 0.394 e. The summed E-state index contributed by atoms with van der Waals surface area (Å²) >= 11 is 0. The van der Waals surface area contributed by atoms with Crippen LogP contribution >= 0.6 is 0 Å². The molecule has 0 aromatic heterocycles. The van der Waals surface area contributed by atoms with Crippen LogP contribution < -0.4 is 0 Å². The highest BCUT2D eigenvalue weighted by atomic mass is 16.8. The summed E-state index contributed by atoms with van der Waals surface area (Å²) in [7, 11) is 0. The molecule has 436 valence electrons. The molecule has 76 heavy (non-hydrogen) atoms. The maximum Gasteiger partial charge on any atom is 0.187 e. The Morgan fingerprint density at radius 1 is 0.526 bits per heavy atom. The van der Waals surface area contributed by atoms with E-state index in [9.17, 15) is 76.3 Å². The van der Waals surface area contributed by atoms with E-state index in [4.69, 9.17) is 37.9 Å². The van der Waals surface area contributed by atoms with Crippen LogP contribution in [-0.4, -0.2) is 238 Å². The predicted molar refractivity (Wildman–Crippen MR) is 258 cm³/mol. The second-order valence-electron chi connectivity index (χ2n) is 25.8. The van der Waals surface area contributed by atoms with Gasteiger partial charge in [-0.3, -0.25) is 4.79 Å². The van der Waals surface area contributed by atoms with E-state index in [2.05, 4.69) is 54.5 Å². The molecule has 23 nitrogen and oxygen atoms in total. The van der Waals surface area contributed by atoms with E-state index < -0.39 is 172 Å². The monoisotopic (exact) mass is 1090 g/mol. The molecule has 4 aliphatic heterocycles. The normalized spacial score (nSPS) is 54.1. The van der Waals surface area contributed by atoms with Gasteiger partial charge in [-0.25, -0.2) is 0 Å². The summed E-state index contributed by atoms with van der Waals surface area (Å²) in [6.45, 7) is 12.1. The molecule has 28 atom stereocenters. The zero-order valence-electron chi connectivity index (χ0n) is 44.6. The second-order valence-corrected chi connectivity index (χ2v) is 25.8. The summed E-state index contributed by atoms with van der Waals surface area (Å²) in [6.07, 6.45) is -29.0. The van der Waals surface area contributed by atoms with E-state index >= 15 is 0 Å². The molecule has 4 heterocycles. The van der Waals surface area contributed by atoms with Crippen LogP contribution in [0.15, 0.2) is 11.6 Å². The number of carbonyl (C=O) groups excluding carboxylic acids is 1. The van der Waals surface area contributed by atoms with Gasteiger partial charge >= 0.3 is 0 Å². The Kier molecular flexibility index (Phi) is 16.6. The number of hydrogen-bond donors (Lipinski definition) is 14. The van der Waals surface area contributed by atoms with Crippen molar-refractivity contribution in [3.05, 3.63) is 11.6 Å². The minimum atomic E-state index is -2.03. The van der Waals surface area contributed by atoms with Gasteiger partial charge in [0.2, 0.25) is 0 Å². The number of rotatable bonds is 12. The Balaban J connectivity index is 1.03. The molecule has 0 unspecified atom stereocenters. The van der Waals surface area contributed by atoms with Crippen LogP contribution in [0.3, 0.4) is 0 Å². The Bertz CT molecular complexity index is 2090. The highest BCUT2D eigenvalue weighted by Crippen LogP contribution is 2.74. The first-order valence-electron chi connectivity index (χ1n) is 27.3. The lowest BCUT2D eigenvalue weighted by atomic mass is 9.34. The first kappa shape index (κ1) is 59.2. The molecule has 0 radical (unpaired) electrons. The number of ether oxygens (including phenoxy) is 8. The quantitative estimate of drug-likeness (QED) is 0.0702. The molecule has 0 bridgehead atoms. The highest BCUT2D eigenvalue weighted by molar-refractivity contribution is 5.91. The second kappa shape index (κ2) is 21.4. The minimum Gasteiger partial charge on any atom is -0.394 e. The number of ketones is 1. The predicted octanol–water partition coefficient (Wildman–Crippen LogP) is -2.63. The van der Waals surface area contributed by atoms with E-state index in [1.807, 2.05) is 0 Å². The number of hydrogen-bond acceptors (Lipinski definition) is 23. The maximum absolute atomic E-state index is 14.3. The zero-order chi connectivity index (χ0) is 55.6. The molecular weight excluding hydrogens is 1000 g/mol. The Labute approximate surface area is 442 Å². The SMILES string of the molecule is CC1(C)CC[C@]2(O)C(=O)C[C@]3(C)C(=CC[C@@H]4[C@@]5(C)CC[C@H](O[C@@H]6O[C@H](CO)[C@@H](O)[C@H](O[C@@H]7O[C@H](CO)[C@@H](O)[C@H](O)[C@H]7O[C@@H]7O[C@H](CO)[C@@H](O)[C@H](O)[C@H]7O)[C@H]6O[C@H]6O[C@@H](CO)[C@H](O)[C@@H](O)[C@@H]6O)C(C)(C)[C@@H]5CC[C@]43C)[C@@H]2C1. The molecule has 4 saturated carbocycles. The van der Waals surface area contributed by atoms with Gasteiger partial charge < -0.3 is 109 Å². The molecule has 5 aliphatic carbocycles. The molecule has 0 aromatic carbocycles. The third kappa shape index (κ3) is 9.51. The summed E-state index contributed by atoms with van der Waals surface area (Å²) < 4.78 is 49.4. The van der Waals surface area contributed by atoms with Gasteiger partial charge in [0.1, 0.15) is 103 Å². The topological polar surface area (TPSA) is 374 Å². The average Bonchev–Trinajstić information content (AvgIpc) is 3.55. The van der Waals surface area contributed by atoms with Crippen molar-refractivity contribution in [2.24, 2.45) is 44.8 Å². The first-order valence-corrected chi connectivity index (χ1v) is 27.3. The molecule has 0 spiro atoms. The van der Waals surface area contributed by atoms with Crippen molar-refractivity contribution in [1.82, 2.24) is 0 Å². The van der Waals surface area contributed by atoms with E-state index in [-0.39, 0.29) is 46.2 Å². The summed E-state index contributed by atoms with van der Waals surface area (Å²) in [5.74, 6) is -0.185. The van der Waals surface area contributed by atoms with Crippen molar-refractivity contribution < 1.29 is 114 Å². The van der Waals surface area contributed by atoms with Gasteiger partial charge in [0.15, 0.2) is 30.9 Å². The van der Waals surface area contributed by atoms with E-state index in [0.717, 1.165) is 32.1 Å². The van der Waals surface area contributed by atoms with Crippen molar-refractivity contribution >= 4 is 5.78 Å². The van der Waals surface area contributed by atoms with Gasteiger partial charge in [-0.05, 0) is 84.9 Å². The lowest BCUT2D eigenvalue weighted by Crippen LogP contribution is -2.69. The minimum absolute atomic E-state index is 0.0131. The lowest BCUT2D eigenvalue weighted by molar-refractivity contribution is -0.409. The lowest BCUT2D eigenvalue weighted by Gasteiger charge is -2.71. The molecule has 0 amide bonds. The van der Waals surface area contributed by atoms with Gasteiger partial charge in [0.25, 0.3) is 0 Å². The Morgan fingerprint density at radius 2 is 1.01 bits per heavy atom. The number of fused-ring (bicyclic) bond motifs is 7. The summed E-state index contributed by atoms with van der Waals surface area (Å²) in [4.78, 5) is 14.3. The van der Waals surface area contributed by atoms with Crippen LogP contribution in [0.5, 0.6) is 0 Å². The van der Waals surface area contributed by atoms with Crippen molar-refractivity contribution in [3.8, 4) is 0 Å². The van der Waals surface area contributed by atoms with Crippen molar-refractivity contribution in [3.63, 3.8) is 0 Å². The van der Waals surface area contributed by atoms with Crippen LogP contribution in [0.1, 0.15) is 106 Å². The van der Waals surface area contributed by atoms with E-state index in [0.29, 0.717) is 19.3 Å². The summed E-state index contributed by atoms with van der Waals surface area (Å²) in [5, 5.41) is 153. The molecule has 23 heteroatoms. The highest BCUT2D eigenvalue weighted by Gasteiger charge is 2.70.